The van der Waals surface area contributed by atoms with Crippen molar-refractivity contribution in [2.45, 2.75) is 13.1 Å². The molecule has 3 aromatic heterocycles. The van der Waals surface area contributed by atoms with E-state index < -0.39 is 6.17 Å². The van der Waals surface area contributed by atoms with Gasteiger partial charge in [0, 0.05) is 28.7 Å². The molecule has 1 atom stereocenters. The number of carbonyl (C=O) groups excluding carboxylic acids is 1. The maximum atomic E-state index is 13.6. The fourth-order valence-electron chi connectivity index (χ4n) is 2.77. The third kappa shape index (κ3) is 3.54. The topological polar surface area (TPSA) is 67.8 Å². The molecule has 0 spiro atoms. The van der Waals surface area contributed by atoms with Gasteiger partial charge >= 0.3 is 0 Å². The first-order valence-electron chi connectivity index (χ1n) is 8.33. The molecular formula is C20H15FN4OS. The van der Waals surface area contributed by atoms with E-state index in [2.05, 4.69) is 20.3 Å². The lowest BCUT2D eigenvalue weighted by atomic mass is 10.1. The molecule has 134 valence electrons. The first kappa shape index (κ1) is 17.2. The molecule has 0 bridgehead atoms. The van der Waals surface area contributed by atoms with Gasteiger partial charge in [0.25, 0.3) is 5.91 Å². The highest BCUT2D eigenvalue weighted by atomic mass is 32.1. The van der Waals surface area contributed by atoms with Gasteiger partial charge in [0.05, 0.1) is 22.5 Å². The number of rotatable bonds is 4. The van der Waals surface area contributed by atoms with Crippen molar-refractivity contribution in [2.24, 2.45) is 0 Å². The van der Waals surface area contributed by atoms with Crippen LogP contribution >= 0.6 is 11.3 Å². The summed E-state index contributed by atoms with van der Waals surface area (Å²) in [4.78, 5) is 25.5. The van der Waals surface area contributed by atoms with Crippen molar-refractivity contribution >= 4 is 33.3 Å². The van der Waals surface area contributed by atoms with Crippen LogP contribution in [0.15, 0.2) is 60.2 Å². The Hall–Kier alpha value is -3.19. The highest BCUT2D eigenvalue weighted by Crippen LogP contribution is 2.26. The van der Waals surface area contributed by atoms with Crippen molar-refractivity contribution in [1.29, 1.82) is 0 Å². The van der Waals surface area contributed by atoms with Gasteiger partial charge in [-0.25, -0.2) is 14.4 Å². The molecule has 0 saturated heterocycles. The Kier molecular flexibility index (Phi) is 4.60. The van der Waals surface area contributed by atoms with Gasteiger partial charge in [0.2, 0.25) is 0 Å². The number of para-hydroxylation sites is 1. The van der Waals surface area contributed by atoms with Crippen molar-refractivity contribution in [3.05, 3.63) is 71.5 Å². The maximum Gasteiger partial charge on any atom is 0.259 e. The summed E-state index contributed by atoms with van der Waals surface area (Å²) in [5.74, 6) is -0.270. The first-order valence-corrected chi connectivity index (χ1v) is 9.21. The largest absolute Gasteiger partial charge is 0.298 e. The second kappa shape index (κ2) is 7.20. The Labute approximate surface area is 158 Å². The summed E-state index contributed by atoms with van der Waals surface area (Å²) in [6.45, 7) is 1.45. The van der Waals surface area contributed by atoms with Crippen molar-refractivity contribution in [1.82, 2.24) is 15.0 Å². The van der Waals surface area contributed by atoms with Crippen LogP contribution in [0.25, 0.3) is 22.2 Å². The summed E-state index contributed by atoms with van der Waals surface area (Å²) in [6, 6.07) is 12.6. The van der Waals surface area contributed by atoms with Crippen LogP contribution in [-0.2, 0) is 0 Å². The average Bonchev–Trinajstić information content (AvgIpc) is 3.20. The van der Waals surface area contributed by atoms with Crippen LogP contribution in [0.4, 0.5) is 9.52 Å². The van der Waals surface area contributed by atoms with Crippen LogP contribution in [0.5, 0.6) is 0 Å². The Morgan fingerprint density at radius 1 is 1.15 bits per heavy atom. The molecule has 1 aromatic carbocycles. The number of aromatic nitrogens is 3. The fourth-order valence-corrected chi connectivity index (χ4v) is 3.29. The number of nitrogens with zero attached hydrogens (tertiary/aromatic N) is 3. The van der Waals surface area contributed by atoms with Crippen LogP contribution in [0.3, 0.4) is 0 Å². The van der Waals surface area contributed by atoms with E-state index in [-0.39, 0.29) is 5.91 Å². The molecule has 4 aromatic rings. The Morgan fingerprint density at radius 2 is 2.04 bits per heavy atom. The highest BCUT2D eigenvalue weighted by molar-refractivity contribution is 7.13. The number of alkyl halides is 1. The second-order valence-electron chi connectivity index (χ2n) is 5.95. The highest BCUT2D eigenvalue weighted by Gasteiger charge is 2.14. The van der Waals surface area contributed by atoms with Gasteiger partial charge in [-0.3, -0.25) is 15.1 Å². The number of pyridine rings is 2. The normalized spacial score (nSPS) is 12.1. The zero-order valence-corrected chi connectivity index (χ0v) is 15.2. The summed E-state index contributed by atoms with van der Waals surface area (Å²) in [7, 11) is 0. The molecule has 3 heterocycles. The third-order valence-corrected chi connectivity index (χ3v) is 4.79. The lowest BCUT2D eigenvalue weighted by molar-refractivity contribution is 0.102. The number of benzene rings is 1. The minimum atomic E-state index is -1.16. The number of halogens is 1. The lowest BCUT2D eigenvalue weighted by Crippen LogP contribution is -2.12. The number of hydrogen-bond acceptors (Lipinski definition) is 5. The van der Waals surface area contributed by atoms with E-state index >= 15 is 0 Å². The van der Waals surface area contributed by atoms with Gasteiger partial charge < -0.3 is 0 Å². The van der Waals surface area contributed by atoms with E-state index in [1.54, 1.807) is 36.0 Å². The van der Waals surface area contributed by atoms with Gasteiger partial charge in [0.1, 0.15) is 6.17 Å². The first-order chi connectivity index (χ1) is 13.1. The number of carbonyl (C=O) groups is 1. The SMILES string of the molecule is CC(F)c1cc(-c2ccc3cccc(C(=O)Nc4nccs4)c3n2)ccn1. The fraction of sp³-hybridized carbons (Fsp3) is 0.100. The van der Waals surface area contributed by atoms with E-state index in [0.717, 1.165) is 10.9 Å². The number of nitrogens with one attached hydrogen (secondary N) is 1. The predicted octanol–water partition coefficient (Wildman–Crippen LogP) is 5.04. The molecule has 0 aliphatic rings. The molecule has 1 amide bonds. The number of fused-ring (bicyclic) bond motifs is 1. The number of thiazole rings is 1. The molecule has 0 fully saturated rings. The Morgan fingerprint density at radius 3 is 2.81 bits per heavy atom. The van der Waals surface area contributed by atoms with Gasteiger partial charge in [-0.2, -0.15) is 0 Å². The average molecular weight is 378 g/mol. The molecule has 1 unspecified atom stereocenters. The van der Waals surface area contributed by atoms with Crippen molar-refractivity contribution in [2.75, 3.05) is 5.32 Å². The summed E-state index contributed by atoms with van der Waals surface area (Å²) >= 11 is 1.35. The molecular weight excluding hydrogens is 363 g/mol. The van der Waals surface area contributed by atoms with Crippen molar-refractivity contribution < 1.29 is 9.18 Å². The second-order valence-corrected chi connectivity index (χ2v) is 6.85. The minimum absolute atomic E-state index is 0.270. The molecule has 7 heteroatoms. The lowest BCUT2D eigenvalue weighted by Gasteiger charge is -2.09. The summed E-state index contributed by atoms with van der Waals surface area (Å²) in [6.07, 6.45) is 2.03. The number of hydrogen-bond donors (Lipinski definition) is 1. The van der Waals surface area contributed by atoms with Gasteiger partial charge in [-0.15, -0.1) is 11.3 Å². The molecule has 0 aliphatic heterocycles. The number of anilines is 1. The van der Waals surface area contributed by atoms with Gasteiger partial charge in [-0.05, 0) is 31.2 Å². The molecule has 27 heavy (non-hydrogen) atoms. The Bertz CT molecular complexity index is 1110. The van der Waals surface area contributed by atoms with Crippen LogP contribution < -0.4 is 5.32 Å². The zero-order valence-electron chi connectivity index (χ0n) is 14.4. The van der Waals surface area contributed by atoms with Crippen LogP contribution in [0, 0.1) is 0 Å². The molecule has 4 rings (SSSR count). The quantitative estimate of drug-likeness (QED) is 0.540. The molecule has 1 N–H and O–H groups in total. The minimum Gasteiger partial charge on any atom is -0.298 e. The molecule has 0 aliphatic carbocycles. The molecule has 5 nitrogen and oxygen atoms in total. The number of amides is 1. The van der Waals surface area contributed by atoms with Crippen molar-refractivity contribution in [3.63, 3.8) is 0 Å². The Balaban J connectivity index is 1.77. The smallest absolute Gasteiger partial charge is 0.259 e. The van der Waals surface area contributed by atoms with E-state index in [1.165, 1.54) is 18.3 Å². The third-order valence-electron chi connectivity index (χ3n) is 4.10. The van der Waals surface area contributed by atoms with Gasteiger partial charge in [0.15, 0.2) is 5.13 Å². The van der Waals surface area contributed by atoms with E-state index in [9.17, 15) is 9.18 Å². The van der Waals surface area contributed by atoms with E-state index in [1.807, 2.05) is 24.3 Å². The van der Waals surface area contributed by atoms with E-state index in [4.69, 9.17) is 0 Å². The monoisotopic (exact) mass is 378 g/mol. The predicted molar refractivity (Wildman–Crippen MR) is 105 cm³/mol. The maximum absolute atomic E-state index is 13.6. The molecule has 0 saturated carbocycles. The van der Waals surface area contributed by atoms with Crippen LogP contribution in [-0.4, -0.2) is 20.9 Å². The summed E-state index contributed by atoms with van der Waals surface area (Å²) in [5.41, 5.74) is 2.79. The van der Waals surface area contributed by atoms with Gasteiger partial charge in [-0.1, -0.05) is 18.2 Å². The van der Waals surface area contributed by atoms with Crippen LogP contribution in [0.1, 0.15) is 29.1 Å². The summed E-state index contributed by atoms with van der Waals surface area (Å²) in [5, 5.41) is 5.95. The standard InChI is InChI=1S/C20H15FN4OS/c1-12(21)17-11-14(7-8-22-17)16-6-5-13-3-2-4-15(18(13)24-16)19(26)25-20-23-9-10-27-20/h2-12H,1H3,(H,23,25,26). The van der Waals surface area contributed by atoms with E-state index in [0.29, 0.717) is 27.6 Å². The van der Waals surface area contributed by atoms with Crippen LogP contribution in [0.2, 0.25) is 0 Å². The molecule has 0 radical (unpaired) electrons. The zero-order chi connectivity index (χ0) is 18.8. The summed E-state index contributed by atoms with van der Waals surface area (Å²) < 4.78 is 13.6. The van der Waals surface area contributed by atoms with Crippen molar-refractivity contribution in [3.8, 4) is 11.3 Å².